The molecule has 1 rings (SSSR count). The van der Waals surface area contributed by atoms with Gasteiger partial charge < -0.3 is 14.9 Å². The van der Waals surface area contributed by atoms with Gasteiger partial charge in [-0.15, -0.1) is 0 Å². The Morgan fingerprint density at radius 1 is 0.778 bits per heavy atom. The van der Waals surface area contributed by atoms with Gasteiger partial charge in [0.15, 0.2) is 0 Å². The summed E-state index contributed by atoms with van der Waals surface area (Å²) in [5.74, 6) is -0.675. The van der Waals surface area contributed by atoms with Crippen LogP contribution in [0.15, 0.2) is 30.3 Å². The van der Waals surface area contributed by atoms with Crippen LogP contribution in [0.2, 0.25) is 0 Å². The van der Waals surface area contributed by atoms with Crippen molar-refractivity contribution in [2.24, 2.45) is 0 Å². The Balaban J connectivity index is 1.90. The first-order valence-electron chi connectivity index (χ1n) is 10.7. The fourth-order valence-corrected chi connectivity index (χ4v) is 3.48. The maximum Gasteiger partial charge on any atom is 0.303 e. The summed E-state index contributed by atoms with van der Waals surface area (Å²) >= 11 is 0. The third-order valence-electron chi connectivity index (χ3n) is 5.05. The van der Waals surface area contributed by atoms with E-state index < -0.39 is 5.97 Å². The van der Waals surface area contributed by atoms with Crippen LogP contribution in [0.4, 0.5) is 0 Å². The highest BCUT2D eigenvalue weighted by Gasteiger charge is 2.10. The van der Waals surface area contributed by atoms with E-state index in [1.54, 1.807) is 0 Å². The molecule has 0 aliphatic carbocycles. The molecule has 4 nitrogen and oxygen atoms in total. The van der Waals surface area contributed by atoms with Crippen LogP contribution in [0.5, 0.6) is 0 Å². The monoisotopic (exact) mass is 378 g/mol. The number of unbranched alkanes of at least 4 members (excludes halogenated alkanes) is 11. The lowest BCUT2D eigenvalue weighted by Gasteiger charge is -2.16. The zero-order valence-corrected chi connectivity index (χ0v) is 16.8. The lowest BCUT2D eigenvalue weighted by Crippen LogP contribution is -2.05. The normalized spacial score (nSPS) is 12.2. The van der Waals surface area contributed by atoms with E-state index in [1.165, 1.54) is 57.8 Å². The van der Waals surface area contributed by atoms with Crippen LogP contribution in [-0.4, -0.2) is 23.0 Å². The largest absolute Gasteiger partial charge is 0.481 e. The van der Waals surface area contributed by atoms with Crippen LogP contribution in [0, 0.1) is 0 Å². The van der Waals surface area contributed by atoms with Gasteiger partial charge in [0.2, 0.25) is 0 Å². The predicted molar refractivity (Wildman–Crippen MR) is 110 cm³/mol. The molecule has 4 heteroatoms. The van der Waals surface area contributed by atoms with Crippen molar-refractivity contribution >= 4 is 5.97 Å². The number of ether oxygens (including phenoxy) is 1. The Hall–Kier alpha value is -1.39. The number of carboxylic acid groups (broad SMARTS) is 1. The smallest absolute Gasteiger partial charge is 0.303 e. The standard InChI is InChI=1S/C23H38O4/c24-20-27-22(21-16-12-11-13-17-21)18-14-9-7-5-3-1-2-4-6-8-10-15-19-23(25)26/h11-13,16-17,22,24H,1-10,14-15,18-20H2,(H,25,26). The lowest BCUT2D eigenvalue weighted by molar-refractivity contribution is -0.137. The molecule has 0 aliphatic heterocycles. The van der Waals surface area contributed by atoms with Crippen molar-refractivity contribution < 1.29 is 19.7 Å². The topological polar surface area (TPSA) is 66.8 Å². The summed E-state index contributed by atoms with van der Waals surface area (Å²) in [6.07, 6.45) is 15.7. The van der Waals surface area contributed by atoms with E-state index in [0.29, 0.717) is 6.42 Å². The molecular formula is C23H38O4. The number of carbonyl (C=O) groups is 1. The SMILES string of the molecule is O=C(O)CCCCCCCCCCCCCCC(OCO)c1ccccc1. The van der Waals surface area contributed by atoms with Gasteiger partial charge in [-0.3, -0.25) is 4.79 Å². The average molecular weight is 379 g/mol. The summed E-state index contributed by atoms with van der Waals surface area (Å²) in [5.41, 5.74) is 1.15. The number of hydrogen-bond acceptors (Lipinski definition) is 3. The van der Waals surface area contributed by atoms with Gasteiger partial charge in [-0.2, -0.15) is 0 Å². The summed E-state index contributed by atoms with van der Waals surface area (Å²) in [6, 6.07) is 10.1. The third-order valence-corrected chi connectivity index (χ3v) is 5.05. The molecule has 0 saturated heterocycles. The molecule has 0 amide bonds. The minimum Gasteiger partial charge on any atom is -0.481 e. The molecule has 0 saturated carbocycles. The third kappa shape index (κ3) is 13.4. The summed E-state index contributed by atoms with van der Waals surface area (Å²) in [6.45, 7) is -0.223. The van der Waals surface area contributed by atoms with Gasteiger partial charge in [-0.25, -0.2) is 0 Å². The van der Waals surface area contributed by atoms with E-state index in [1.807, 2.05) is 18.2 Å². The number of hydrogen-bond donors (Lipinski definition) is 2. The van der Waals surface area contributed by atoms with E-state index in [-0.39, 0.29) is 12.9 Å². The first-order chi connectivity index (χ1) is 13.2. The van der Waals surface area contributed by atoms with Crippen molar-refractivity contribution in [3.05, 3.63) is 35.9 Å². The molecule has 0 radical (unpaired) electrons. The molecule has 1 unspecified atom stereocenters. The van der Waals surface area contributed by atoms with Crippen molar-refractivity contribution in [2.75, 3.05) is 6.79 Å². The van der Waals surface area contributed by atoms with Gasteiger partial charge in [-0.1, -0.05) is 101 Å². The molecule has 2 N–H and O–H groups in total. The summed E-state index contributed by atoms with van der Waals surface area (Å²) in [7, 11) is 0. The van der Waals surface area contributed by atoms with Gasteiger partial charge in [0.05, 0.1) is 6.10 Å². The highest BCUT2D eigenvalue weighted by molar-refractivity contribution is 5.66. The lowest BCUT2D eigenvalue weighted by atomic mass is 10.0. The number of aliphatic hydroxyl groups is 1. The van der Waals surface area contributed by atoms with Crippen LogP contribution in [0.1, 0.15) is 102 Å². The van der Waals surface area contributed by atoms with Crippen LogP contribution >= 0.6 is 0 Å². The number of benzene rings is 1. The Bertz CT molecular complexity index is 461. The first kappa shape index (κ1) is 23.6. The molecule has 0 heterocycles. The Kier molecular flexibility index (Phi) is 14.7. The summed E-state index contributed by atoms with van der Waals surface area (Å²) in [4.78, 5) is 10.4. The average Bonchev–Trinajstić information content (AvgIpc) is 2.67. The summed E-state index contributed by atoms with van der Waals surface area (Å²) < 4.78 is 5.47. The molecular weight excluding hydrogens is 340 g/mol. The number of carboxylic acids is 1. The van der Waals surface area contributed by atoms with Crippen molar-refractivity contribution in [3.8, 4) is 0 Å². The summed E-state index contributed by atoms with van der Waals surface area (Å²) in [5, 5.41) is 17.7. The number of aliphatic carboxylic acids is 1. The second-order valence-electron chi connectivity index (χ2n) is 7.37. The van der Waals surface area contributed by atoms with Crippen LogP contribution in [0.3, 0.4) is 0 Å². The van der Waals surface area contributed by atoms with E-state index in [0.717, 1.165) is 31.2 Å². The van der Waals surface area contributed by atoms with Crippen molar-refractivity contribution in [3.63, 3.8) is 0 Å². The van der Waals surface area contributed by atoms with E-state index in [2.05, 4.69) is 12.1 Å². The van der Waals surface area contributed by atoms with Crippen molar-refractivity contribution in [2.45, 2.75) is 96.0 Å². The second kappa shape index (κ2) is 16.8. The minimum absolute atomic E-state index is 0.00620. The maximum absolute atomic E-state index is 10.4. The quantitative estimate of drug-likeness (QED) is 0.234. The van der Waals surface area contributed by atoms with Crippen LogP contribution in [0.25, 0.3) is 0 Å². The molecule has 27 heavy (non-hydrogen) atoms. The van der Waals surface area contributed by atoms with Crippen molar-refractivity contribution in [1.82, 2.24) is 0 Å². The molecule has 154 valence electrons. The number of rotatable bonds is 18. The molecule has 1 aromatic rings. The highest BCUT2D eigenvalue weighted by atomic mass is 16.6. The Morgan fingerprint density at radius 2 is 1.26 bits per heavy atom. The van der Waals surface area contributed by atoms with E-state index in [9.17, 15) is 4.79 Å². The molecule has 0 aliphatic rings. The van der Waals surface area contributed by atoms with Gasteiger partial charge in [-0.05, 0) is 18.4 Å². The highest BCUT2D eigenvalue weighted by Crippen LogP contribution is 2.24. The maximum atomic E-state index is 10.4. The molecule has 1 atom stereocenters. The molecule has 0 aromatic heterocycles. The Morgan fingerprint density at radius 3 is 1.74 bits per heavy atom. The van der Waals surface area contributed by atoms with Gasteiger partial charge >= 0.3 is 5.97 Å². The van der Waals surface area contributed by atoms with Crippen LogP contribution < -0.4 is 0 Å². The van der Waals surface area contributed by atoms with Gasteiger partial charge in [0.1, 0.15) is 6.79 Å². The molecule has 0 spiro atoms. The molecule has 1 aromatic carbocycles. The fraction of sp³-hybridized carbons (Fsp3) is 0.696. The van der Waals surface area contributed by atoms with Gasteiger partial charge in [0.25, 0.3) is 0 Å². The van der Waals surface area contributed by atoms with Crippen molar-refractivity contribution in [1.29, 1.82) is 0 Å². The predicted octanol–water partition coefficient (Wildman–Crippen LogP) is 6.24. The number of aliphatic hydroxyl groups excluding tert-OH is 1. The molecule has 0 fully saturated rings. The Labute approximate surface area is 164 Å². The van der Waals surface area contributed by atoms with Crippen LogP contribution in [-0.2, 0) is 9.53 Å². The van der Waals surface area contributed by atoms with Gasteiger partial charge in [0, 0.05) is 6.42 Å². The fourth-order valence-electron chi connectivity index (χ4n) is 3.48. The first-order valence-corrected chi connectivity index (χ1v) is 10.7. The van der Waals surface area contributed by atoms with E-state index in [4.69, 9.17) is 14.9 Å². The van der Waals surface area contributed by atoms with E-state index >= 15 is 0 Å². The molecule has 0 bridgehead atoms. The zero-order chi connectivity index (χ0) is 19.6. The zero-order valence-electron chi connectivity index (χ0n) is 16.8. The second-order valence-corrected chi connectivity index (χ2v) is 7.37. The minimum atomic E-state index is -0.675.